The maximum Gasteiger partial charge on any atom is 0.247 e. The lowest BCUT2D eigenvalue weighted by atomic mass is 10.2. The first-order valence-corrected chi connectivity index (χ1v) is 7.19. The predicted molar refractivity (Wildman–Crippen MR) is 75.9 cm³/mol. The van der Waals surface area contributed by atoms with Crippen LogP contribution in [-0.4, -0.2) is 47.8 Å². The Morgan fingerprint density at radius 1 is 1.30 bits per heavy atom. The van der Waals surface area contributed by atoms with Crippen LogP contribution < -0.4 is 10.6 Å². The molecule has 1 saturated heterocycles. The molecule has 1 fully saturated rings. The van der Waals surface area contributed by atoms with Crippen LogP contribution in [-0.2, 0) is 14.4 Å². The van der Waals surface area contributed by atoms with Crippen molar-refractivity contribution in [3.05, 3.63) is 0 Å². The average molecular weight is 283 g/mol. The summed E-state index contributed by atoms with van der Waals surface area (Å²) in [6, 6.07) is -0.598. The predicted octanol–water partition coefficient (Wildman–Crippen LogP) is 0.274. The number of rotatable bonds is 7. The molecule has 1 atom stereocenters. The highest BCUT2D eigenvalue weighted by atomic mass is 16.2. The standard InChI is InChI=1S/C14H25N3O3/c1-9(2)8-16-12(18)5-6-15-11-7-13(19)17(10(3)4)14(11)20/h9-11,15H,5-8H2,1-4H3,(H,16,18). The highest BCUT2D eigenvalue weighted by Gasteiger charge is 2.39. The SMILES string of the molecule is CC(C)CNC(=O)CCNC1CC(=O)N(C(C)C)C1=O. The fourth-order valence-electron chi connectivity index (χ4n) is 2.12. The van der Waals surface area contributed by atoms with Gasteiger partial charge in [-0.05, 0) is 19.8 Å². The number of nitrogens with zero attached hydrogens (tertiary/aromatic N) is 1. The summed E-state index contributed by atoms with van der Waals surface area (Å²) in [5.74, 6) is 0.0450. The Bertz CT molecular complexity index is 380. The van der Waals surface area contributed by atoms with Crippen LogP contribution in [0.15, 0.2) is 0 Å². The van der Waals surface area contributed by atoms with Gasteiger partial charge < -0.3 is 10.6 Å². The lowest BCUT2D eigenvalue weighted by molar-refractivity contribution is -0.140. The molecule has 1 aliphatic heterocycles. The van der Waals surface area contributed by atoms with E-state index in [1.807, 2.05) is 27.7 Å². The van der Waals surface area contributed by atoms with Gasteiger partial charge in [0.1, 0.15) is 0 Å². The molecule has 114 valence electrons. The van der Waals surface area contributed by atoms with Crippen molar-refractivity contribution in [1.82, 2.24) is 15.5 Å². The van der Waals surface area contributed by atoms with Crippen LogP contribution in [0.3, 0.4) is 0 Å². The second-order valence-corrected chi connectivity index (χ2v) is 5.85. The number of hydrogen-bond donors (Lipinski definition) is 2. The molecule has 0 saturated carbocycles. The molecular weight excluding hydrogens is 258 g/mol. The molecular formula is C14H25N3O3. The van der Waals surface area contributed by atoms with E-state index in [0.717, 1.165) is 0 Å². The third-order valence-electron chi connectivity index (χ3n) is 3.15. The zero-order valence-corrected chi connectivity index (χ0v) is 12.7. The van der Waals surface area contributed by atoms with Crippen molar-refractivity contribution in [2.45, 2.75) is 52.6 Å². The summed E-state index contributed by atoms with van der Waals surface area (Å²) < 4.78 is 0. The van der Waals surface area contributed by atoms with Crippen LogP contribution in [0.4, 0.5) is 0 Å². The number of nitrogens with one attached hydrogen (secondary N) is 2. The summed E-state index contributed by atoms with van der Waals surface area (Å²) in [7, 11) is 0. The number of amides is 3. The monoisotopic (exact) mass is 283 g/mol. The van der Waals surface area contributed by atoms with Crippen molar-refractivity contribution < 1.29 is 14.4 Å². The van der Waals surface area contributed by atoms with Crippen LogP contribution in [0.1, 0.15) is 40.5 Å². The summed E-state index contributed by atoms with van der Waals surface area (Å²) in [6.07, 6.45) is 0.497. The first-order valence-electron chi connectivity index (χ1n) is 7.19. The summed E-state index contributed by atoms with van der Waals surface area (Å²) >= 11 is 0. The van der Waals surface area contributed by atoms with E-state index in [1.54, 1.807) is 0 Å². The van der Waals surface area contributed by atoms with Crippen molar-refractivity contribution in [3.63, 3.8) is 0 Å². The fraction of sp³-hybridized carbons (Fsp3) is 0.786. The Morgan fingerprint density at radius 3 is 2.45 bits per heavy atom. The van der Waals surface area contributed by atoms with Crippen molar-refractivity contribution in [1.29, 1.82) is 0 Å². The minimum atomic E-state index is -0.484. The van der Waals surface area contributed by atoms with Crippen LogP contribution in [0.5, 0.6) is 0 Å². The van der Waals surface area contributed by atoms with Crippen LogP contribution in [0, 0.1) is 5.92 Å². The van der Waals surface area contributed by atoms with E-state index in [4.69, 9.17) is 0 Å². The molecule has 0 aliphatic carbocycles. The molecule has 0 aromatic rings. The van der Waals surface area contributed by atoms with E-state index < -0.39 is 6.04 Å². The van der Waals surface area contributed by atoms with Crippen LogP contribution in [0.2, 0.25) is 0 Å². The molecule has 1 heterocycles. The molecule has 0 radical (unpaired) electrons. The molecule has 2 N–H and O–H groups in total. The Hall–Kier alpha value is -1.43. The molecule has 6 heteroatoms. The molecule has 0 aromatic heterocycles. The summed E-state index contributed by atoms with van der Waals surface area (Å²) in [4.78, 5) is 36.5. The molecule has 20 heavy (non-hydrogen) atoms. The number of hydrogen-bond acceptors (Lipinski definition) is 4. The normalized spacial score (nSPS) is 19.3. The molecule has 0 spiro atoms. The lowest BCUT2D eigenvalue weighted by Gasteiger charge is -2.19. The molecule has 6 nitrogen and oxygen atoms in total. The highest BCUT2D eigenvalue weighted by Crippen LogP contribution is 2.15. The van der Waals surface area contributed by atoms with Gasteiger partial charge in [0.2, 0.25) is 17.7 Å². The van der Waals surface area contributed by atoms with E-state index in [2.05, 4.69) is 10.6 Å². The van der Waals surface area contributed by atoms with Crippen molar-refractivity contribution in [2.75, 3.05) is 13.1 Å². The molecule has 0 bridgehead atoms. The average Bonchev–Trinajstić information content (AvgIpc) is 2.62. The Kier molecular flexibility index (Phi) is 6.13. The zero-order valence-electron chi connectivity index (χ0n) is 12.7. The second kappa shape index (κ2) is 7.38. The number of likely N-dealkylation sites (tertiary alicyclic amines) is 1. The maximum absolute atomic E-state index is 12.0. The molecule has 1 rings (SSSR count). The van der Waals surface area contributed by atoms with Gasteiger partial charge in [-0.15, -0.1) is 0 Å². The first kappa shape index (κ1) is 16.6. The van der Waals surface area contributed by atoms with E-state index in [0.29, 0.717) is 25.4 Å². The molecule has 3 amide bonds. The van der Waals surface area contributed by atoms with Gasteiger partial charge in [-0.25, -0.2) is 0 Å². The second-order valence-electron chi connectivity index (χ2n) is 5.85. The third-order valence-corrected chi connectivity index (χ3v) is 3.15. The van der Waals surface area contributed by atoms with Gasteiger partial charge in [-0.1, -0.05) is 13.8 Å². The fourth-order valence-corrected chi connectivity index (χ4v) is 2.12. The number of imide groups is 1. The molecule has 1 aliphatic rings. The minimum absolute atomic E-state index is 0.0383. The number of carbonyl (C=O) groups excluding carboxylic acids is 3. The summed E-state index contributed by atoms with van der Waals surface area (Å²) in [5, 5.41) is 5.81. The van der Waals surface area contributed by atoms with Gasteiger partial charge in [0.25, 0.3) is 0 Å². The van der Waals surface area contributed by atoms with Crippen LogP contribution in [0.25, 0.3) is 0 Å². The quantitative estimate of drug-likeness (QED) is 0.658. The van der Waals surface area contributed by atoms with Crippen molar-refractivity contribution in [2.24, 2.45) is 5.92 Å². The Balaban J connectivity index is 2.31. The third kappa shape index (κ3) is 4.59. The Morgan fingerprint density at radius 2 is 1.95 bits per heavy atom. The van der Waals surface area contributed by atoms with Gasteiger partial charge >= 0.3 is 0 Å². The first-order chi connectivity index (χ1) is 9.32. The highest BCUT2D eigenvalue weighted by molar-refractivity contribution is 6.05. The van der Waals surface area contributed by atoms with E-state index in [-0.39, 0.29) is 30.2 Å². The van der Waals surface area contributed by atoms with Crippen LogP contribution >= 0.6 is 0 Å². The van der Waals surface area contributed by atoms with Crippen molar-refractivity contribution >= 4 is 17.7 Å². The van der Waals surface area contributed by atoms with Gasteiger partial charge in [0.15, 0.2) is 0 Å². The van der Waals surface area contributed by atoms with Gasteiger partial charge in [0.05, 0.1) is 12.5 Å². The topological polar surface area (TPSA) is 78.5 Å². The van der Waals surface area contributed by atoms with Gasteiger partial charge in [-0.3, -0.25) is 19.3 Å². The van der Waals surface area contributed by atoms with E-state index >= 15 is 0 Å². The largest absolute Gasteiger partial charge is 0.356 e. The molecule has 1 unspecified atom stereocenters. The lowest BCUT2D eigenvalue weighted by Crippen LogP contribution is -2.42. The molecule has 0 aromatic carbocycles. The van der Waals surface area contributed by atoms with Crippen molar-refractivity contribution in [3.8, 4) is 0 Å². The summed E-state index contributed by atoms with van der Waals surface area (Å²) in [5.41, 5.74) is 0. The van der Waals surface area contributed by atoms with E-state index in [9.17, 15) is 14.4 Å². The maximum atomic E-state index is 12.0. The Labute approximate surface area is 120 Å². The summed E-state index contributed by atoms with van der Waals surface area (Å²) in [6.45, 7) is 8.75. The van der Waals surface area contributed by atoms with E-state index in [1.165, 1.54) is 4.90 Å². The van der Waals surface area contributed by atoms with Gasteiger partial charge in [-0.2, -0.15) is 0 Å². The zero-order chi connectivity index (χ0) is 15.3. The minimum Gasteiger partial charge on any atom is -0.356 e. The van der Waals surface area contributed by atoms with Gasteiger partial charge in [0, 0.05) is 25.6 Å². The smallest absolute Gasteiger partial charge is 0.247 e. The number of carbonyl (C=O) groups is 3.